The molecule has 1 saturated carbocycles. The van der Waals surface area contributed by atoms with Gasteiger partial charge in [0, 0.05) is 24.7 Å². The van der Waals surface area contributed by atoms with Gasteiger partial charge < -0.3 is 9.88 Å². The fourth-order valence-electron chi connectivity index (χ4n) is 3.93. The average molecular weight is 398 g/mol. The molecule has 4 aromatic rings. The molecule has 2 heterocycles. The third-order valence-electron chi connectivity index (χ3n) is 5.40. The Kier molecular flexibility index (Phi) is 4.47. The van der Waals surface area contributed by atoms with E-state index in [1.165, 1.54) is 38.2 Å². The molecule has 0 spiro atoms. The molecule has 144 valence electrons. The minimum absolute atomic E-state index is 0.455. The molecule has 7 heteroatoms. The van der Waals surface area contributed by atoms with Crippen LogP contribution in [0.5, 0.6) is 0 Å². The van der Waals surface area contributed by atoms with Gasteiger partial charge >= 0.3 is 0 Å². The van der Waals surface area contributed by atoms with Gasteiger partial charge in [0.25, 0.3) is 0 Å². The van der Waals surface area contributed by atoms with E-state index in [1.807, 2.05) is 16.7 Å². The molecule has 1 aliphatic carbocycles. The van der Waals surface area contributed by atoms with Gasteiger partial charge in [0.1, 0.15) is 0 Å². The molecule has 2 aromatic heterocycles. The molecule has 0 radical (unpaired) electrons. The monoisotopic (exact) mass is 398 g/mol. The van der Waals surface area contributed by atoms with Crippen LogP contribution < -0.4 is 5.32 Å². The number of rotatable bonds is 4. The van der Waals surface area contributed by atoms with Crippen LogP contribution in [0, 0.1) is 11.6 Å². The Hall–Kier alpha value is -2.54. The Morgan fingerprint density at radius 2 is 1.86 bits per heavy atom. The van der Waals surface area contributed by atoms with Crippen LogP contribution in [0.15, 0.2) is 36.7 Å². The third kappa shape index (κ3) is 3.35. The summed E-state index contributed by atoms with van der Waals surface area (Å²) in [6.07, 6.45) is 7.96. The molecule has 1 aliphatic rings. The van der Waals surface area contributed by atoms with Gasteiger partial charge in [-0.15, -0.1) is 0 Å². The van der Waals surface area contributed by atoms with Crippen LogP contribution in [0.4, 0.5) is 13.9 Å². The van der Waals surface area contributed by atoms with Crippen LogP contribution in [-0.2, 0) is 6.54 Å². The molecule has 0 atom stereocenters. The van der Waals surface area contributed by atoms with E-state index >= 15 is 0 Å². The van der Waals surface area contributed by atoms with Gasteiger partial charge in [-0.2, -0.15) is 0 Å². The SMILES string of the molecule is Fc1cc2ncn(Cc3ccc4nc(NC5CCCCC5)sc4c3)c2cc1F. The van der Waals surface area contributed by atoms with Crippen LogP contribution >= 0.6 is 11.3 Å². The van der Waals surface area contributed by atoms with Crippen molar-refractivity contribution in [2.75, 3.05) is 5.32 Å². The predicted molar refractivity (Wildman–Crippen MR) is 109 cm³/mol. The Bertz CT molecular complexity index is 1140. The zero-order valence-electron chi connectivity index (χ0n) is 15.3. The number of aromatic nitrogens is 3. The number of imidazole rings is 1. The van der Waals surface area contributed by atoms with Crippen LogP contribution in [-0.4, -0.2) is 20.6 Å². The molecular formula is C21H20F2N4S. The maximum absolute atomic E-state index is 13.6. The maximum Gasteiger partial charge on any atom is 0.184 e. The summed E-state index contributed by atoms with van der Waals surface area (Å²) in [6, 6.07) is 9.03. The van der Waals surface area contributed by atoms with Crippen molar-refractivity contribution >= 4 is 37.7 Å². The van der Waals surface area contributed by atoms with Crippen LogP contribution in [0.1, 0.15) is 37.7 Å². The molecule has 28 heavy (non-hydrogen) atoms. The lowest BCUT2D eigenvalue weighted by molar-refractivity contribution is 0.462. The number of fused-ring (bicyclic) bond motifs is 2. The number of anilines is 1. The Morgan fingerprint density at radius 1 is 1.04 bits per heavy atom. The fourth-order valence-corrected chi connectivity index (χ4v) is 4.93. The van der Waals surface area contributed by atoms with Gasteiger partial charge in [-0.3, -0.25) is 0 Å². The van der Waals surface area contributed by atoms with E-state index in [2.05, 4.69) is 16.4 Å². The zero-order chi connectivity index (χ0) is 19.1. The topological polar surface area (TPSA) is 42.7 Å². The van der Waals surface area contributed by atoms with E-state index in [-0.39, 0.29) is 0 Å². The molecule has 0 unspecified atom stereocenters. The maximum atomic E-state index is 13.6. The highest BCUT2D eigenvalue weighted by molar-refractivity contribution is 7.22. The molecule has 4 nitrogen and oxygen atoms in total. The first-order chi connectivity index (χ1) is 13.7. The second-order valence-electron chi connectivity index (χ2n) is 7.43. The predicted octanol–water partition coefficient (Wildman–Crippen LogP) is 5.72. The minimum Gasteiger partial charge on any atom is -0.359 e. The average Bonchev–Trinajstić information content (AvgIpc) is 3.26. The zero-order valence-corrected chi connectivity index (χ0v) is 16.1. The molecule has 1 N–H and O–H groups in total. The van der Waals surface area contributed by atoms with E-state index in [9.17, 15) is 8.78 Å². The number of halogens is 2. The van der Waals surface area contributed by atoms with Crippen molar-refractivity contribution < 1.29 is 8.78 Å². The summed E-state index contributed by atoms with van der Waals surface area (Å²) in [5, 5.41) is 4.56. The molecule has 0 amide bonds. The lowest BCUT2D eigenvalue weighted by Gasteiger charge is -2.22. The van der Waals surface area contributed by atoms with E-state index in [0.29, 0.717) is 23.6 Å². The Balaban J connectivity index is 1.40. The molecule has 2 aromatic carbocycles. The van der Waals surface area contributed by atoms with Crippen molar-refractivity contribution in [3.8, 4) is 0 Å². The fraction of sp³-hybridized carbons (Fsp3) is 0.333. The number of nitrogens with one attached hydrogen (secondary N) is 1. The van der Waals surface area contributed by atoms with Gasteiger partial charge in [0.15, 0.2) is 16.8 Å². The van der Waals surface area contributed by atoms with Gasteiger partial charge in [-0.25, -0.2) is 18.7 Å². The third-order valence-corrected chi connectivity index (χ3v) is 6.35. The van der Waals surface area contributed by atoms with Crippen molar-refractivity contribution in [2.24, 2.45) is 0 Å². The molecule has 5 rings (SSSR count). The normalized spacial score (nSPS) is 15.5. The number of thiazole rings is 1. The van der Waals surface area contributed by atoms with Crippen molar-refractivity contribution in [1.29, 1.82) is 0 Å². The van der Waals surface area contributed by atoms with E-state index in [1.54, 1.807) is 17.7 Å². The first-order valence-electron chi connectivity index (χ1n) is 9.61. The molecule has 0 aliphatic heterocycles. The Morgan fingerprint density at radius 3 is 2.71 bits per heavy atom. The van der Waals surface area contributed by atoms with E-state index < -0.39 is 11.6 Å². The minimum atomic E-state index is -0.873. The standard InChI is InChI=1S/C21H20F2N4S/c22-15-9-18-19(10-16(15)23)27(12-24-18)11-13-6-7-17-20(8-13)28-21(26-17)25-14-4-2-1-3-5-14/h6-10,12,14H,1-5,11H2,(H,25,26). The van der Waals surface area contributed by atoms with E-state index in [0.717, 1.165) is 27.0 Å². The first-order valence-corrected chi connectivity index (χ1v) is 10.4. The van der Waals surface area contributed by atoms with Gasteiger partial charge in [0.2, 0.25) is 0 Å². The summed E-state index contributed by atoms with van der Waals surface area (Å²) in [7, 11) is 0. The summed E-state index contributed by atoms with van der Waals surface area (Å²) in [6.45, 7) is 0.542. The summed E-state index contributed by atoms with van der Waals surface area (Å²) in [5.74, 6) is -1.73. The highest BCUT2D eigenvalue weighted by Crippen LogP contribution is 2.30. The van der Waals surface area contributed by atoms with Crippen molar-refractivity contribution in [2.45, 2.75) is 44.7 Å². The molecule has 0 saturated heterocycles. The lowest BCUT2D eigenvalue weighted by Crippen LogP contribution is -2.21. The van der Waals surface area contributed by atoms with Crippen molar-refractivity contribution in [3.63, 3.8) is 0 Å². The second kappa shape index (κ2) is 7.13. The van der Waals surface area contributed by atoms with Gasteiger partial charge in [-0.05, 0) is 30.5 Å². The number of hydrogen-bond donors (Lipinski definition) is 1. The molecule has 1 fully saturated rings. The summed E-state index contributed by atoms with van der Waals surface area (Å²) in [5.41, 5.74) is 3.10. The Labute approximate surface area is 165 Å². The van der Waals surface area contributed by atoms with Crippen LogP contribution in [0.25, 0.3) is 21.3 Å². The smallest absolute Gasteiger partial charge is 0.184 e. The van der Waals surface area contributed by atoms with Gasteiger partial charge in [-0.1, -0.05) is 36.7 Å². The number of benzene rings is 2. The first kappa shape index (κ1) is 17.6. The highest BCUT2D eigenvalue weighted by atomic mass is 32.1. The van der Waals surface area contributed by atoms with E-state index in [4.69, 9.17) is 4.98 Å². The van der Waals surface area contributed by atoms with Crippen LogP contribution in [0.3, 0.4) is 0 Å². The molecule has 0 bridgehead atoms. The highest BCUT2D eigenvalue weighted by Gasteiger charge is 2.15. The molecular weight excluding hydrogens is 378 g/mol. The largest absolute Gasteiger partial charge is 0.359 e. The summed E-state index contributed by atoms with van der Waals surface area (Å²) < 4.78 is 30.0. The second-order valence-corrected chi connectivity index (χ2v) is 8.46. The summed E-state index contributed by atoms with van der Waals surface area (Å²) >= 11 is 1.67. The number of hydrogen-bond acceptors (Lipinski definition) is 4. The van der Waals surface area contributed by atoms with Crippen molar-refractivity contribution in [1.82, 2.24) is 14.5 Å². The van der Waals surface area contributed by atoms with Gasteiger partial charge in [0.05, 0.1) is 27.6 Å². The van der Waals surface area contributed by atoms with Crippen molar-refractivity contribution in [3.05, 3.63) is 53.9 Å². The quantitative estimate of drug-likeness (QED) is 0.478. The number of nitrogens with zero attached hydrogens (tertiary/aromatic N) is 3. The van der Waals surface area contributed by atoms with Crippen LogP contribution in [0.2, 0.25) is 0 Å². The summed E-state index contributed by atoms with van der Waals surface area (Å²) in [4.78, 5) is 8.90. The lowest BCUT2D eigenvalue weighted by atomic mass is 9.96.